The summed E-state index contributed by atoms with van der Waals surface area (Å²) in [4.78, 5) is 0. The monoisotopic (exact) mass is 285 g/mol. The van der Waals surface area contributed by atoms with Gasteiger partial charge in [-0.3, -0.25) is 0 Å². The van der Waals surface area contributed by atoms with Crippen molar-refractivity contribution in [1.82, 2.24) is 5.32 Å². The molecule has 0 saturated heterocycles. The molecule has 1 N–H and O–H groups in total. The highest BCUT2D eigenvalue weighted by Gasteiger charge is 1.99. The summed E-state index contributed by atoms with van der Waals surface area (Å²) in [6.45, 7) is 1.80. The van der Waals surface area contributed by atoms with Gasteiger partial charge in [-0.05, 0) is 32.4 Å². The molecule has 0 saturated carbocycles. The normalized spacial score (nSPS) is 11.9. The summed E-state index contributed by atoms with van der Waals surface area (Å²) in [5.74, 6) is 0.293. The van der Waals surface area contributed by atoms with Gasteiger partial charge in [0.1, 0.15) is 9.84 Å². The fourth-order valence-corrected chi connectivity index (χ4v) is 2.17. The molecule has 0 radical (unpaired) electrons. The second-order valence-electron chi connectivity index (χ2n) is 3.48. The average molecular weight is 286 g/mol. The van der Waals surface area contributed by atoms with Crippen LogP contribution in [0.4, 0.5) is 0 Å². The molecule has 0 heterocycles. The molecule has 0 aromatic carbocycles. The van der Waals surface area contributed by atoms with Crippen molar-refractivity contribution in [2.24, 2.45) is 0 Å². The number of nitrogens with one attached hydrogen (secondary N) is 1. The van der Waals surface area contributed by atoms with Crippen LogP contribution >= 0.6 is 15.9 Å². The van der Waals surface area contributed by atoms with Crippen molar-refractivity contribution >= 4 is 25.8 Å². The van der Waals surface area contributed by atoms with Crippen molar-refractivity contribution in [2.45, 2.75) is 25.7 Å². The zero-order chi connectivity index (χ0) is 10.9. The van der Waals surface area contributed by atoms with E-state index in [4.69, 9.17) is 0 Å². The van der Waals surface area contributed by atoms with Gasteiger partial charge in [-0.2, -0.15) is 0 Å². The minimum absolute atomic E-state index is 0.293. The van der Waals surface area contributed by atoms with E-state index in [1.165, 1.54) is 25.5 Å². The molecule has 3 nitrogen and oxygen atoms in total. The Hall–Kier alpha value is 0.390. The van der Waals surface area contributed by atoms with Gasteiger partial charge in [0, 0.05) is 11.6 Å². The summed E-state index contributed by atoms with van der Waals surface area (Å²) in [5.41, 5.74) is 0. The lowest BCUT2D eigenvalue weighted by Crippen LogP contribution is -2.19. The highest BCUT2D eigenvalue weighted by Crippen LogP contribution is 1.97. The summed E-state index contributed by atoms with van der Waals surface area (Å²) in [6.07, 6.45) is 5.61. The molecule has 0 amide bonds. The van der Waals surface area contributed by atoms with Crippen LogP contribution in [-0.2, 0) is 9.84 Å². The molecule has 0 aliphatic carbocycles. The number of sulfone groups is 1. The van der Waals surface area contributed by atoms with Crippen LogP contribution < -0.4 is 5.32 Å². The van der Waals surface area contributed by atoms with Gasteiger partial charge in [-0.15, -0.1) is 0 Å². The van der Waals surface area contributed by atoms with Crippen LogP contribution in [0.25, 0.3) is 0 Å². The maximum atomic E-state index is 10.8. The van der Waals surface area contributed by atoms with E-state index in [1.54, 1.807) is 0 Å². The number of unbranched alkanes of at least 4 members (excludes halogenated alkanes) is 2. The smallest absolute Gasteiger partial charge is 0.147 e. The molecule has 0 rings (SSSR count). The summed E-state index contributed by atoms with van der Waals surface area (Å²) < 4.78 is 21.5. The molecule has 0 bridgehead atoms. The maximum Gasteiger partial charge on any atom is 0.147 e. The minimum Gasteiger partial charge on any atom is -0.317 e. The van der Waals surface area contributed by atoms with Gasteiger partial charge in [-0.1, -0.05) is 22.4 Å². The molecular formula is C9H20BrNO2S. The predicted molar refractivity (Wildman–Crippen MR) is 64.8 cm³/mol. The third-order valence-corrected chi connectivity index (χ3v) is 3.45. The topological polar surface area (TPSA) is 46.2 Å². The van der Waals surface area contributed by atoms with Gasteiger partial charge in [0.15, 0.2) is 0 Å². The fourth-order valence-electron chi connectivity index (χ4n) is 1.11. The summed E-state index contributed by atoms with van der Waals surface area (Å²) in [7, 11) is -2.77. The van der Waals surface area contributed by atoms with Crippen molar-refractivity contribution in [1.29, 1.82) is 0 Å². The van der Waals surface area contributed by atoms with Crippen molar-refractivity contribution in [3.05, 3.63) is 0 Å². The molecule has 0 aliphatic heterocycles. The molecule has 0 atom stereocenters. The summed E-state index contributed by atoms with van der Waals surface area (Å²) >= 11 is 3.38. The van der Waals surface area contributed by atoms with Crippen molar-refractivity contribution in [2.75, 3.05) is 30.4 Å². The van der Waals surface area contributed by atoms with Crippen molar-refractivity contribution < 1.29 is 8.42 Å². The van der Waals surface area contributed by atoms with Gasteiger partial charge in [-0.25, -0.2) is 8.42 Å². The van der Waals surface area contributed by atoms with Crippen LogP contribution in [0.2, 0.25) is 0 Å². The molecule has 0 fully saturated rings. The lowest BCUT2D eigenvalue weighted by Gasteiger charge is -2.03. The standard InChI is InChI=1S/C9H20BrNO2S/c1-14(12,13)9-5-8-11-7-4-2-3-6-10/h11H,2-9H2,1H3. The Balaban J connectivity index is 3.07. The fraction of sp³-hybridized carbons (Fsp3) is 1.00. The Bertz CT molecular complexity index is 217. The molecule has 86 valence electrons. The zero-order valence-corrected chi connectivity index (χ0v) is 11.2. The molecule has 0 unspecified atom stereocenters. The van der Waals surface area contributed by atoms with Crippen LogP contribution in [0.1, 0.15) is 25.7 Å². The number of alkyl halides is 1. The van der Waals surface area contributed by atoms with Crippen molar-refractivity contribution in [3.63, 3.8) is 0 Å². The SMILES string of the molecule is CS(=O)(=O)CCCNCCCCCBr. The third kappa shape index (κ3) is 12.4. The third-order valence-electron chi connectivity index (χ3n) is 1.86. The molecule has 14 heavy (non-hydrogen) atoms. The van der Waals surface area contributed by atoms with Gasteiger partial charge < -0.3 is 5.32 Å². The second-order valence-corrected chi connectivity index (χ2v) is 6.54. The van der Waals surface area contributed by atoms with Crippen LogP contribution in [0.15, 0.2) is 0 Å². The first-order valence-electron chi connectivity index (χ1n) is 5.00. The van der Waals surface area contributed by atoms with Crippen LogP contribution in [0.3, 0.4) is 0 Å². The molecule has 5 heteroatoms. The van der Waals surface area contributed by atoms with E-state index in [9.17, 15) is 8.42 Å². The maximum absolute atomic E-state index is 10.8. The highest BCUT2D eigenvalue weighted by molar-refractivity contribution is 9.09. The van der Waals surface area contributed by atoms with E-state index in [-0.39, 0.29) is 0 Å². The number of halogens is 1. The lowest BCUT2D eigenvalue weighted by molar-refractivity contribution is 0.587. The Morgan fingerprint density at radius 3 is 2.29 bits per heavy atom. The Kier molecular flexibility index (Phi) is 8.92. The second kappa shape index (κ2) is 8.68. The number of rotatable bonds is 9. The quantitative estimate of drug-likeness (QED) is 0.517. The van der Waals surface area contributed by atoms with Crippen molar-refractivity contribution in [3.8, 4) is 0 Å². The van der Waals surface area contributed by atoms with E-state index < -0.39 is 9.84 Å². The summed E-state index contributed by atoms with van der Waals surface area (Å²) in [6, 6.07) is 0. The molecule has 0 aliphatic rings. The van der Waals surface area contributed by atoms with E-state index >= 15 is 0 Å². The Labute approximate surface area is 95.7 Å². The first kappa shape index (κ1) is 14.4. The highest BCUT2D eigenvalue weighted by atomic mass is 79.9. The van der Waals surface area contributed by atoms with Crippen LogP contribution in [-0.4, -0.2) is 38.8 Å². The first-order valence-corrected chi connectivity index (χ1v) is 8.19. The molecule has 0 spiro atoms. The van der Waals surface area contributed by atoms with Gasteiger partial charge in [0.2, 0.25) is 0 Å². The van der Waals surface area contributed by atoms with E-state index in [1.807, 2.05) is 0 Å². The first-order chi connectivity index (χ1) is 6.56. The van der Waals surface area contributed by atoms with Gasteiger partial charge in [0.05, 0.1) is 5.75 Å². The van der Waals surface area contributed by atoms with Gasteiger partial charge >= 0.3 is 0 Å². The zero-order valence-electron chi connectivity index (χ0n) is 8.76. The van der Waals surface area contributed by atoms with E-state index in [0.717, 1.165) is 24.8 Å². The van der Waals surface area contributed by atoms with E-state index in [0.29, 0.717) is 5.75 Å². The van der Waals surface area contributed by atoms with E-state index in [2.05, 4.69) is 21.2 Å². The Morgan fingerprint density at radius 1 is 1.07 bits per heavy atom. The largest absolute Gasteiger partial charge is 0.317 e. The minimum atomic E-state index is -2.77. The number of hydrogen-bond acceptors (Lipinski definition) is 3. The molecule has 0 aromatic rings. The summed E-state index contributed by atoms with van der Waals surface area (Å²) in [5, 5.41) is 4.31. The molecular weight excluding hydrogens is 266 g/mol. The lowest BCUT2D eigenvalue weighted by atomic mass is 10.2. The van der Waals surface area contributed by atoms with Crippen LogP contribution in [0, 0.1) is 0 Å². The Morgan fingerprint density at radius 2 is 1.71 bits per heavy atom. The van der Waals surface area contributed by atoms with Gasteiger partial charge in [0.25, 0.3) is 0 Å². The number of hydrogen-bond donors (Lipinski definition) is 1. The van der Waals surface area contributed by atoms with Crippen LogP contribution in [0.5, 0.6) is 0 Å². The average Bonchev–Trinajstić information content (AvgIpc) is 2.08. The predicted octanol–water partition coefficient (Wildman–Crippen LogP) is 1.58. The molecule has 0 aromatic heterocycles.